The highest BCUT2D eigenvalue weighted by molar-refractivity contribution is 5.98. The van der Waals surface area contributed by atoms with Gasteiger partial charge in [0.15, 0.2) is 0 Å². The third kappa shape index (κ3) is 5.10. The molecule has 0 radical (unpaired) electrons. The Labute approximate surface area is 170 Å². The second-order valence-corrected chi connectivity index (χ2v) is 7.13. The molecule has 1 aliphatic rings. The lowest BCUT2D eigenvalue weighted by molar-refractivity contribution is -0.385. The minimum Gasteiger partial charge on any atom is -0.379 e. The number of para-hydroxylation sites is 1. The molecule has 2 aromatic rings. The molecule has 1 heterocycles. The molecule has 1 aliphatic heterocycles. The average molecular weight is 398 g/mol. The van der Waals surface area contributed by atoms with E-state index in [2.05, 4.69) is 22.3 Å². The van der Waals surface area contributed by atoms with Crippen molar-refractivity contribution in [2.24, 2.45) is 0 Å². The Morgan fingerprint density at radius 3 is 2.45 bits per heavy atom. The summed E-state index contributed by atoms with van der Waals surface area (Å²) in [7, 11) is 3.98. The van der Waals surface area contributed by atoms with Crippen molar-refractivity contribution in [2.75, 3.05) is 51.8 Å². The maximum atomic E-state index is 12.7. The number of amides is 1. The van der Waals surface area contributed by atoms with Crippen LogP contribution in [0.5, 0.6) is 0 Å². The van der Waals surface area contributed by atoms with Gasteiger partial charge in [0.05, 0.1) is 24.2 Å². The summed E-state index contributed by atoms with van der Waals surface area (Å²) in [5.41, 5.74) is 2.06. The van der Waals surface area contributed by atoms with Crippen LogP contribution in [0.25, 0.3) is 0 Å². The predicted molar refractivity (Wildman–Crippen MR) is 111 cm³/mol. The van der Waals surface area contributed by atoms with Crippen LogP contribution in [0.15, 0.2) is 48.5 Å². The summed E-state index contributed by atoms with van der Waals surface area (Å²) in [6.45, 7) is 3.17. The third-order valence-electron chi connectivity index (χ3n) is 5.08. The number of morpholine rings is 1. The Balaban J connectivity index is 1.78. The minimum absolute atomic E-state index is 0.0400. The van der Waals surface area contributed by atoms with Crippen LogP contribution < -0.4 is 10.2 Å². The maximum absolute atomic E-state index is 12.7. The first-order valence-corrected chi connectivity index (χ1v) is 9.58. The zero-order valence-electron chi connectivity index (χ0n) is 16.7. The fraction of sp³-hybridized carbons (Fsp3) is 0.381. The number of nitrogens with zero attached hydrogens (tertiary/aromatic N) is 3. The molecule has 0 saturated carbocycles. The molecule has 1 saturated heterocycles. The molecule has 0 unspecified atom stereocenters. The molecule has 0 spiro atoms. The van der Waals surface area contributed by atoms with Crippen molar-refractivity contribution >= 4 is 17.3 Å². The number of hydrogen-bond acceptors (Lipinski definition) is 6. The van der Waals surface area contributed by atoms with Crippen LogP contribution in [0.1, 0.15) is 22.0 Å². The standard InChI is InChI=1S/C21H26N4O4/c1-23(2)17-9-7-16(8-10-17)20(24-11-13-29-14-12-24)15-22-21(26)18-5-3-4-6-19(18)25(27)28/h3-10,20H,11-15H2,1-2H3,(H,22,26)/t20-/m0/s1. The van der Waals surface area contributed by atoms with E-state index in [1.165, 1.54) is 12.1 Å². The fourth-order valence-electron chi connectivity index (χ4n) is 3.45. The molecule has 8 nitrogen and oxygen atoms in total. The highest BCUT2D eigenvalue weighted by atomic mass is 16.6. The molecular weight excluding hydrogens is 372 g/mol. The van der Waals surface area contributed by atoms with E-state index in [0.29, 0.717) is 19.8 Å². The lowest BCUT2D eigenvalue weighted by Crippen LogP contribution is -2.43. The van der Waals surface area contributed by atoms with E-state index < -0.39 is 10.8 Å². The number of nitro benzene ring substituents is 1. The fourth-order valence-corrected chi connectivity index (χ4v) is 3.45. The summed E-state index contributed by atoms with van der Waals surface area (Å²) in [4.78, 5) is 27.7. The minimum atomic E-state index is -0.533. The number of ether oxygens (including phenoxy) is 1. The molecule has 0 bridgehead atoms. The van der Waals surface area contributed by atoms with Crippen molar-refractivity contribution in [3.63, 3.8) is 0 Å². The zero-order chi connectivity index (χ0) is 20.8. The van der Waals surface area contributed by atoms with Crippen molar-refractivity contribution in [1.29, 1.82) is 0 Å². The van der Waals surface area contributed by atoms with E-state index in [9.17, 15) is 14.9 Å². The van der Waals surface area contributed by atoms with Gasteiger partial charge in [-0.1, -0.05) is 24.3 Å². The molecule has 1 amide bonds. The van der Waals surface area contributed by atoms with Crippen molar-refractivity contribution < 1.29 is 14.5 Å². The molecule has 2 aromatic carbocycles. The third-order valence-corrected chi connectivity index (χ3v) is 5.08. The number of rotatable bonds is 7. The zero-order valence-corrected chi connectivity index (χ0v) is 16.7. The highest BCUT2D eigenvalue weighted by Gasteiger charge is 2.25. The van der Waals surface area contributed by atoms with Gasteiger partial charge in [-0.25, -0.2) is 0 Å². The largest absolute Gasteiger partial charge is 0.379 e. The van der Waals surface area contributed by atoms with Gasteiger partial charge in [-0.05, 0) is 23.8 Å². The van der Waals surface area contributed by atoms with Crippen molar-refractivity contribution in [3.8, 4) is 0 Å². The lowest BCUT2D eigenvalue weighted by Gasteiger charge is -2.35. The Morgan fingerprint density at radius 1 is 1.17 bits per heavy atom. The molecule has 154 valence electrons. The van der Waals surface area contributed by atoms with E-state index in [1.807, 2.05) is 31.1 Å². The quantitative estimate of drug-likeness (QED) is 0.569. The van der Waals surface area contributed by atoms with Crippen LogP contribution in [-0.2, 0) is 4.74 Å². The first kappa shape index (κ1) is 20.8. The number of hydrogen-bond donors (Lipinski definition) is 1. The van der Waals surface area contributed by atoms with Crippen LogP contribution in [0.4, 0.5) is 11.4 Å². The number of nitrogens with one attached hydrogen (secondary N) is 1. The molecular formula is C21H26N4O4. The number of carbonyl (C=O) groups excluding carboxylic acids is 1. The van der Waals surface area contributed by atoms with Gasteiger partial charge in [0.1, 0.15) is 5.56 Å². The van der Waals surface area contributed by atoms with Gasteiger partial charge in [-0.3, -0.25) is 19.8 Å². The summed E-state index contributed by atoms with van der Waals surface area (Å²) in [5.74, 6) is -0.444. The average Bonchev–Trinajstić information content (AvgIpc) is 2.74. The maximum Gasteiger partial charge on any atom is 0.282 e. The summed E-state index contributed by atoms with van der Waals surface area (Å²) in [6, 6.07) is 14.2. The number of carbonyl (C=O) groups is 1. The Bertz CT molecular complexity index is 848. The first-order chi connectivity index (χ1) is 14.0. The Kier molecular flexibility index (Phi) is 6.79. The molecule has 1 fully saturated rings. The van der Waals surface area contributed by atoms with E-state index >= 15 is 0 Å². The number of benzene rings is 2. The molecule has 3 rings (SSSR count). The lowest BCUT2D eigenvalue weighted by atomic mass is 10.0. The van der Waals surface area contributed by atoms with Gasteiger partial charge in [0.2, 0.25) is 0 Å². The summed E-state index contributed by atoms with van der Waals surface area (Å²) < 4.78 is 5.46. The Morgan fingerprint density at radius 2 is 1.83 bits per heavy atom. The van der Waals surface area contributed by atoms with Crippen LogP contribution in [0.2, 0.25) is 0 Å². The van der Waals surface area contributed by atoms with Crippen LogP contribution in [0.3, 0.4) is 0 Å². The second kappa shape index (κ2) is 9.49. The van der Waals surface area contributed by atoms with Gasteiger partial charge in [0.25, 0.3) is 11.6 Å². The molecule has 0 aliphatic carbocycles. The second-order valence-electron chi connectivity index (χ2n) is 7.13. The Hall–Kier alpha value is -2.97. The molecule has 1 N–H and O–H groups in total. The van der Waals surface area contributed by atoms with E-state index in [1.54, 1.807) is 12.1 Å². The van der Waals surface area contributed by atoms with Gasteiger partial charge < -0.3 is 15.0 Å². The SMILES string of the molecule is CN(C)c1ccc([C@H](CNC(=O)c2ccccc2[N+](=O)[O-])N2CCOCC2)cc1. The van der Waals surface area contributed by atoms with Crippen LogP contribution in [0, 0.1) is 10.1 Å². The summed E-state index contributed by atoms with van der Waals surface area (Å²) >= 11 is 0. The molecule has 8 heteroatoms. The first-order valence-electron chi connectivity index (χ1n) is 9.58. The summed E-state index contributed by atoms with van der Waals surface area (Å²) in [6.07, 6.45) is 0. The smallest absolute Gasteiger partial charge is 0.282 e. The van der Waals surface area contributed by atoms with Crippen molar-refractivity contribution in [2.45, 2.75) is 6.04 Å². The number of nitro groups is 1. The van der Waals surface area contributed by atoms with Gasteiger partial charge in [-0.2, -0.15) is 0 Å². The van der Waals surface area contributed by atoms with Crippen LogP contribution >= 0.6 is 0 Å². The number of anilines is 1. The van der Waals surface area contributed by atoms with E-state index in [0.717, 1.165) is 24.3 Å². The van der Waals surface area contributed by atoms with E-state index in [4.69, 9.17) is 4.74 Å². The van der Waals surface area contributed by atoms with E-state index in [-0.39, 0.29) is 17.3 Å². The highest BCUT2D eigenvalue weighted by Crippen LogP contribution is 2.24. The van der Waals surface area contributed by atoms with Gasteiger partial charge in [0, 0.05) is 45.5 Å². The molecule has 1 atom stereocenters. The van der Waals surface area contributed by atoms with Crippen molar-refractivity contribution in [3.05, 3.63) is 69.8 Å². The predicted octanol–water partition coefficient (Wildman–Crippen LogP) is 2.46. The van der Waals surface area contributed by atoms with Crippen LogP contribution in [-0.4, -0.2) is 62.7 Å². The molecule has 0 aromatic heterocycles. The topological polar surface area (TPSA) is 88.0 Å². The molecule has 29 heavy (non-hydrogen) atoms. The summed E-state index contributed by atoms with van der Waals surface area (Å²) in [5, 5.41) is 14.1. The van der Waals surface area contributed by atoms with Gasteiger partial charge >= 0.3 is 0 Å². The van der Waals surface area contributed by atoms with Gasteiger partial charge in [-0.15, -0.1) is 0 Å². The monoisotopic (exact) mass is 398 g/mol. The normalized spacial score (nSPS) is 15.5. The van der Waals surface area contributed by atoms with Crippen molar-refractivity contribution in [1.82, 2.24) is 10.2 Å².